The number of rotatable bonds is 6. The molecule has 1 aromatic carbocycles. The molecule has 0 saturated carbocycles. The van der Waals surface area contributed by atoms with E-state index in [0.717, 1.165) is 28.8 Å². The third-order valence-electron chi connectivity index (χ3n) is 3.94. The number of nitrogens with zero attached hydrogens (tertiary/aromatic N) is 2. The lowest BCUT2D eigenvalue weighted by molar-refractivity contribution is 0.601. The molecule has 2 rings (SSSR count). The average molecular weight is 422 g/mol. The molecule has 0 aliphatic rings. The van der Waals surface area contributed by atoms with E-state index in [9.17, 15) is 12.8 Å². The Balaban J connectivity index is 0.00000338. The zero-order valence-electron chi connectivity index (χ0n) is 14.8. The van der Waals surface area contributed by atoms with Crippen LogP contribution in [-0.4, -0.2) is 31.0 Å². The fourth-order valence-corrected chi connectivity index (χ4v) is 3.98. The summed E-state index contributed by atoms with van der Waals surface area (Å²) in [6, 6.07) is 4.81. The summed E-state index contributed by atoms with van der Waals surface area (Å²) in [5.41, 5.74) is 8.56. The van der Waals surface area contributed by atoms with Crippen LogP contribution in [0.3, 0.4) is 0 Å². The highest BCUT2D eigenvalue weighted by atomic mass is 35.5. The van der Waals surface area contributed by atoms with Gasteiger partial charge in [0, 0.05) is 30.5 Å². The SMILES string of the molecule is Cc1nn(Cc2ccc(S(C)(=O)=O)c(Cl)c2)c(C)c1C/C(F)=C/CN.Cl. The molecule has 1 heterocycles. The molecule has 0 atom stereocenters. The second kappa shape index (κ2) is 8.99. The fraction of sp³-hybridized carbons (Fsp3) is 0.353. The number of benzene rings is 1. The van der Waals surface area contributed by atoms with Crippen molar-refractivity contribution in [2.75, 3.05) is 12.8 Å². The van der Waals surface area contributed by atoms with Crippen LogP contribution in [0.2, 0.25) is 5.02 Å². The van der Waals surface area contributed by atoms with Crippen LogP contribution in [0.5, 0.6) is 0 Å². The van der Waals surface area contributed by atoms with Crippen LogP contribution >= 0.6 is 24.0 Å². The Labute approximate surface area is 164 Å². The van der Waals surface area contributed by atoms with Gasteiger partial charge in [0.15, 0.2) is 9.84 Å². The minimum atomic E-state index is -3.37. The van der Waals surface area contributed by atoms with E-state index in [0.29, 0.717) is 6.54 Å². The average Bonchev–Trinajstić information content (AvgIpc) is 2.74. The van der Waals surface area contributed by atoms with Gasteiger partial charge >= 0.3 is 0 Å². The zero-order chi connectivity index (χ0) is 18.8. The van der Waals surface area contributed by atoms with E-state index in [4.69, 9.17) is 17.3 Å². The molecule has 0 aliphatic carbocycles. The largest absolute Gasteiger partial charge is 0.327 e. The van der Waals surface area contributed by atoms with Gasteiger partial charge in [0.1, 0.15) is 5.83 Å². The van der Waals surface area contributed by atoms with Crippen LogP contribution < -0.4 is 5.73 Å². The summed E-state index contributed by atoms with van der Waals surface area (Å²) < 4.78 is 38.8. The van der Waals surface area contributed by atoms with E-state index in [1.165, 1.54) is 12.1 Å². The first-order chi connectivity index (χ1) is 11.6. The van der Waals surface area contributed by atoms with Gasteiger partial charge in [-0.25, -0.2) is 12.8 Å². The summed E-state index contributed by atoms with van der Waals surface area (Å²) in [7, 11) is -3.37. The molecule has 1 aromatic heterocycles. The summed E-state index contributed by atoms with van der Waals surface area (Å²) in [5, 5.41) is 4.63. The van der Waals surface area contributed by atoms with Crippen molar-refractivity contribution in [2.45, 2.75) is 31.7 Å². The number of allylic oxidation sites excluding steroid dienone is 1. The predicted molar refractivity (Wildman–Crippen MR) is 105 cm³/mol. The molecule has 144 valence electrons. The van der Waals surface area contributed by atoms with Gasteiger partial charge in [-0.3, -0.25) is 4.68 Å². The van der Waals surface area contributed by atoms with Gasteiger partial charge in [0.05, 0.1) is 22.2 Å². The minimum absolute atomic E-state index is 0. The first-order valence-corrected chi connectivity index (χ1v) is 9.96. The van der Waals surface area contributed by atoms with Crippen molar-refractivity contribution in [1.82, 2.24) is 9.78 Å². The van der Waals surface area contributed by atoms with Crippen LogP contribution in [0, 0.1) is 13.8 Å². The maximum absolute atomic E-state index is 13.8. The fourth-order valence-electron chi connectivity index (χ4n) is 2.63. The van der Waals surface area contributed by atoms with Crippen molar-refractivity contribution < 1.29 is 12.8 Å². The van der Waals surface area contributed by atoms with Crippen molar-refractivity contribution in [3.8, 4) is 0 Å². The molecule has 0 bridgehead atoms. The smallest absolute Gasteiger partial charge is 0.176 e. The van der Waals surface area contributed by atoms with Crippen LogP contribution in [0.15, 0.2) is 35.0 Å². The molecule has 0 fully saturated rings. The quantitative estimate of drug-likeness (QED) is 0.774. The van der Waals surface area contributed by atoms with Gasteiger partial charge in [0.25, 0.3) is 0 Å². The highest BCUT2D eigenvalue weighted by molar-refractivity contribution is 7.90. The van der Waals surface area contributed by atoms with E-state index in [1.54, 1.807) is 16.8 Å². The molecule has 0 spiro atoms. The second-order valence-electron chi connectivity index (χ2n) is 5.91. The van der Waals surface area contributed by atoms with Gasteiger partial charge in [-0.15, -0.1) is 12.4 Å². The first-order valence-electron chi connectivity index (χ1n) is 7.69. The molecule has 0 amide bonds. The lowest BCUT2D eigenvalue weighted by Crippen LogP contribution is -2.06. The Morgan fingerprint density at radius 1 is 1.38 bits per heavy atom. The number of hydrogen-bond acceptors (Lipinski definition) is 4. The van der Waals surface area contributed by atoms with Crippen LogP contribution in [0.1, 0.15) is 22.5 Å². The standard InChI is InChI=1S/C17H21ClFN3O2S.ClH/c1-11-15(9-14(19)6-7-20)12(2)22(21-11)10-13-4-5-17(16(18)8-13)25(3,23)24;/h4-6,8H,7,9-10,20H2,1-3H3;1H/b14-6-;. The van der Waals surface area contributed by atoms with Crippen LogP contribution in [-0.2, 0) is 22.8 Å². The number of sulfone groups is 1. The third kappa shape index (κ3) is 5.30. The number of hydrogen-bond donors (Lipinski definition) is 1. The maximum atomic E-state index is 13.8. The van der Waals surface area contributed by atoms with Gasteiger partial charge in [0.2, 0.25) is 0 Å². The first kappa shape index (κ1) is 22.6. The van der Waals surface area contributed by atoms with E-state index in [2.05, 4.69) is 5.10 Å². The molecular formula is C17H22Cl2FN3O2S. The predicted octanol–water partition coefficient (Wildman–Crippen LogP) is 3.38. The third-order valence-corrected chi connectivity index (χ3v) is 5.52. The Kier molecular flexibility index (Phi) is 7.83. The molecule has 0 unspecified atom stereocenters. The number of halogens is 3. The maximum Gasteiger partial charge on any atom is 0.176 e. The van der Waals surface area contributed by atoms with E-state index < -0.39 is 9.84 Å². The Hall–Kier alpha value is -1.41. The molecule has 2 N–H and O–H groups in total. The van der Waals surface area contributed by atoms with E-state index in [1.807, 2.05) is 13.8 Å². The molecule has 0 radical (unpaired) electrons. The van der Waals surface area contributed by atoms with Crippen molar-refractivity contribution in [3.05, 3.63) is 57.6 Å². The molecule has 0 aliphatic heterocycles. The molecule has 26 heavy (non-hydrogen) atoms. The summed E-state index contributed by atoms with van der Waals surface area (Å²) in [6.45, 7) is 4.27. The van der Waals surface area contributed by atoms with Crippen LogP contribution in [0.25, 0.3) is 0 Å². The highest BCUT2D eigenvalue weighted by Crippen LogP contribution is 2.24. The van der Waals surface area contributed by atoms with Crippen molar-refractivity contribution >= 4 is 33.8 Å². The zero-order valence-corrected chi connectivity index (χ0v) is 17.2. The van der Waals surface area contributed by atoms with Gasteiger partial charge in [-0.05, 0) is 37.6 Å². The van der Waals surface area contributed by atoms with E-state index >= 15 is 0 Å². The Morgan fingerprint density at radius 2 is 2.04 bits per heavy atom. The molecule has 2 aromatic rings. The normalized spacial score (nSPS) is 12.2. The van der Waals surface area contributed by atoms with E-state index in [-0.39, 0.29) is 41.1 Å². The minimum Gasteiger partial charge on any atom is -0.327 e. The molecular weight excluding hydrogens is 400 g/mol. The van der Waals surface area contributed by atoms with Gasteiger partial charge in [-0.2, -0.15) is 5.10 Å². The summed E-state index contributed by atoms with van der Waals surface area (Å²) in [6.07, 6.45) is 2.62. The monoisotopic (exact) mass is 421 g/mol. The van der Waals surface area contributed by atoms with Gasteiger partial charge < -0.3 is 5.73 Å². The summed E-state index contributed by atoms with van der Waals surface area (Å²) in [4.78, 5) is 0.0981. The van der Waals surface area contributed by atoms with Crippen molar-refractivity contribution in [1.29, 1.82) is 0 Å². The molecule has 0 saturated heterocycles. The van der Waals surface area contributed by atoms with Crippen molar-refractivity contribution in [2.24, 2.45) is 5.73 Å². The number of nitrogens with two attached hydrogens (primary N) is 1. The second-order valence-corrected chi connectivity index (χ2v) is 8.30. The Bertz CT molecular complexity index is 924. The topological polar surface area (TPSA) is 78.0 Å². The summed E-state index contributed by atoms with van der Waals surface area (Å²) in [5.74, 6) is -0.284. The molecule has 5 nitrogen and oxygen atoms in total. The molecule has 9 heteroatoms. The number of aryl methyl sites for hydroxylation is 1. The Morgan fingerprint density at radius 3 is 2.58 bits per heavy atom. The lowest BCUT2D eigenvalue weighted by atomic mass is 10.1. The van der Waals surface area contributed by atoms with Gasteiger partial charge in [-0.1, -0.05) is 17.7 Å². The number of aromatic nitrogens is 2. The van der Waals surface area contributed by atoms with Crippen LogP contribution in [0.4, 0.5) is 4.39 Å². The summed E-state index contributed by atoms with van der Waals surface area (Å²) >= 11 is 6.08. The van der Waals surface area contributed by atoms with Crippen molar-refractivity contribution in [3.63, 3.8) is 0 Å². The lowest BCUT2D eigenvalue weighted by Gasteiger charge is -2.08. The highest BCUT2D eigenvalue weighted by Gasteiger charge is 2.15.